The minimum atomic E-state index is -0.513. The fraction of sp³-hybridized carbons (Fsp3) is 0.907. The highest BCUT2D eigenvalue weighted by atomic mass is 16.5. The number of fused-ring (bicyclic) bond motifs is 2. The summed E-state index contributed by atoms with van der Waals surface area (Å²) in [5.41, 5.74) is 6.46. The maximum absolute atomic E-state index is 14.5. The SMILES string of the molecule is CCC[NH2+]C[C@H](O)[C@H](CCC)[C@@H]1C[C@H](CC2CC[NH2+]C(N)C2)C[C@@H]2C#C[C@H](C3CCCCC3)C3CC(O)C(OC)CC3CCC(=O)CC(=O)[C@@H]2C1. The second-order valence-electron chi connectivity index (χ2n) is 17.9. The predicted molar refractivity (Wildman–Crippen MR) is 201 cm³/mol. The number of aliphatic hydroxyl groups is 2. The van der Waals surface area contributed by atoms with Crippen molar-refractivity contribution in [2.75, 3.05) is 26.7 Å². The fourth-order valence-corrected chi connectivity index (χ4v) is 11.6. The third-order valence-corrected chi connectivity index (χ3v) is 14.2. The lowest BCUT2D eigenvalue weighted by Crippen LogP contribution is -2.94. The number of hydrogen-bond donors (Lipinski definition) is 5. The van der Waals surface area contributed by atoms with Crippen molar-refractivity contribution in [1.82, 2.24) is 0 Å². The van der Waals surface area contributed by atoms with E-state index in [9.17, 15) is 19.8 Å². The highest BCUT2D eigenvalue weighted by molar-refractivity contribution is 6.00. The van der Waals surface area contributed by atoms with Crippen LogP contribution in [-0.4, -0.2) is 73.0 Å². The first-order chi connectivity index (χ1) is 24.7. The molecule has 6 unspecified atom stereocenters. The Hall–Kier alpha value is -1.34. The molecule has 4 fully saturated rings. The first-order valence-corrected chi connectivity index (χ1v) is 21.5. The molecule has 8 nitrogen and oxygen atoms in total. The Balaban J connectivity index is 1.53. The molecule has 8 N–H and O–H groups in total. The third-order valence-electron chi connectivity index (χ3n) is 14.2. The van der Waals surface area contributed by atoms with Crippen LogP contribution < -0.4 is 16.4 Å². The molecule has 3 saturated carbocycles. The van der Waals surface area contributed by atoms with Gasteiger partial charge in [-0.25, -0.2) is 0 Å². The number of carbonyl (C=O) groups is 2. The van der Waals surface area contributed by atoms with Crippen molar-refractivity contribution in [2.45, 2.75) is 160 Å². The second kappa shape index (κ2) is 20.4. The van der Waals surface area contributed by atoms with Crippen molar-refractivity contribution in [3.63, 3.8) is 0 Å². The summed E-state index contributed by atoms with van der Waals surface area (Å²) in [7, 11) is 1.69. The van der Waals surface area contributed by atoms with Crippen LogP contribution in [0.4, 0.5) is 0 Å². The zero-order valence-corrected chi connectivity index (χ0v) is 32.5. The van der Waals surface area contributed by atoms with Gasteiger partial charge in [0.05, 0.1) is 31.7 Å². The van der Waals surface area contributed by atoms with Crippen molar-refractivity contribution in [3.05, 3.63) is 0 Å². The molecule has 290 valence electrons. The summed E-state index contributed by atoms with van der Waals surface area (Å²) in [6.07, 6.45) is 16.7. The van der Waals surface area contributed by atoms with Gasteiger partial charge in [0.1, 0.15) is 30.4 Å². The number of nitrogens with two attached hydrogens (primary N) is 3. The lowest BCUT2D eigenvalue weighted by atomic mass is 9.63. The maximum Gasteiger partial charge on any atom is 0.144 e. The Morgan fingerprint density at radius 3 is 2.47 bits per heavy atom. The summed E-state index contributed by atoms with van der Waals surface area (Å²) in [5.74, 6) is 10.1. The van der Waals surface area contributed by atoms with E-state index in [4.69, 9.17) is 10.5 Å². The summed E-state index contributed by atoms with van der Waals surface area (Å²) in [5, 5.41) is 27.5. The molecule has 1 aliphatic heterocycles. The number of piperidine rings is 1. The van der Waals surface area contributed by atoms with E-state index in [0.717, 1.165) is 77.3 Å². The summed E-state index contributed by atoms with van der Waals surface area (Å²) >= 11 is 0. The molecule has 51 heavy (non-hydrogen) atoms. The predicted octanol–water partition coefficient (Wildman–Crippen LogP) is 3.96. The number of hydrogen-bond acceptors (Lipinski definition) is 6. The van der Waals surface area contributed by atoms with Crippen LogP contribution in [0, 0.1) is 71.0 Å². The highest BCUT2D eigenvalue weighted by Gasteiger charge is 2.45. The molecule has 0 spiro atoms. The molecular formula is C43H75N3O5+2. The number of rotatable bonds is 12. The minimum Gasteiger partial charge on any atom is -0.390 e. The number of aliphatic hydroxyl groups excluding tert-OH is 2. The third kappa shape index (κ3) is 11.3. The van der Waals surface area contributed by atoms with Gasteiger partial charge in [-0.15, -0.1) is 0 Å². The number of quaternary nitrogens is 2. The zero-order chi connectivity index (χ0) is 36.3. The van der Waals surface area contributed by atoms with E-state index in [-0.39, 0.29) is 71.7 Å². The standard InChI is InChI=1S/C43H73N3O5/c1-4-9-36(41(50)27-45-17-5-2)33-21-29(19-28-16-18-46-43(44)22-28)20-31-13-15-35(30-10-7-6-8-11-30)37-26-40(49)42(51-3)24-32(37)12-14-34(47)25-39(48)38(31)23-33/h28-33,35-38,40-43,45-46,49-50H,4-12,14,16-27,44H2,1-3H3/p+2/t28?,29-,31+,32?,33-,35-,36-,37?,38-,40?,41+,42?,43?/m1/s1. The molecule has 1 saturated heterocycles. The van der Waals surface area contributed by atoms with E-state index < -0.39 is 12.2 Å². The number of ketones is 2. The smallest absolute Gasteiger partial charge is 0.144 e. The van der Waals surface area contributed by atoms with Crippen molar-refractivity contribution in [3.8, 4) is 11.8 Å². The number of ether oxygens (including phenoxy) is 1. The Morgan fingerprint density at radius 2 is 1.75 bits per heavy atom. The molecule has 0 aromatic heterocycles. The van der Waals surface area contributed by atoms with Crippen molar-refractivity contribution < 1.29 is 35.2 Å². The molecule has 0 amide bonds. The average molecular weight is 714 g/mol. The molecule has 0 radical (unpaired) electrons. The van der Waals surface area contributed by atoms with Crippen LogP contribution in [0.3, 0.4) is 0 Å². The first kappa shape index (κ1) is 40.8. The maximum atomic E-state index is 14.5. The first-order valence-electron chi connectivity index (χ1n) is 21.5. The van der Waals surface area contributed by atoms with Gasteiger partial charge in [-0.3, -0.25) is 15.3 Å². The topological polar surface area (TPSA) is 143 Å². The quantitative estimate of drug-likeness (QED) is 0.118. The summed E-state index contributed by atoms with van der Waals surface area (Å²) in [6.45, 7) is 7.18. The van der Waals surface area contributed by atoms with Crippen LogP contribution in [0.5, 0.6) is 0 Å². The Morgan fingerprint density at radius 1 is 0.941 bits per heavy atom. The fourth-order valence-electron chi connectivity index (χ4n) is 11.6. The lowest BCUT2D eigenvalue weighted by Gasteiger charge is -2.44. The van der Waals surface area contributed by atoms with Gasteiger partial charge in [0.25, 0.3) is 0 Å². The van der Waals surface area contributed by atoms with Gasteiger partial charge in [0.2, 0.25) is 0 Å². The van der Waals surface area contributed by atoms with E-state index in [1.54, 1.807) is 7.11 Å². The van der Waals surface area contributed by atoms with Crippen LogP contribution in [-0.2, 0) is 14.3 Å². The number of methoxy groups -OCH3 is 1. The molecule has 0 bridgehead atoms. The summed E-state index contributed by atoms with van der Waals surface area (Å²) in [4.78, 5) is 28.1. The van der Waals surface area contributed by atoms with Gasteiger partial charge >= 0.3 is 0 Å². The van der Waals surface area contributed by atoms with Crippen LogP contribution in [0.25, 0.3) is 0 Å². The minimum absolute atomic E-state index is 0.00139. The molecule has 0 aromatic rings. The average Bonchev–Trinajstić information content (AvgIpc) is 3.29. The van der Waals surface area contributed by atoms with E-state index in [1.807, 2.05) is 0 Å². The molecule has 13 atom stereocenters. The van der Waals surface area contributed by atoms with Gasteiger partial charge in [-0.2, -0.15) is 0 Å². The summed E-state index contributed by atoms with van der Waals surface area (Å²) in [6, 6.07) is 0. The summed E-state index contributed by atoms with van der Waals surface area (Å²) < 4.78 is 5.75. The molecule has 5 rings (SSSR count). The second-order valence-corrected chi connectivity index (χ2v) is 17.9. The Bertz CT molecular complexity index is 1150. The molecule has 5 aliphatic rings. The molecular weight excluding hydrogens is 638 g/mol. The molecule has 0 aromatic carbocycles. The van der Waals surface area contributed by atoms with Crippen LogP contribution in [0.15, 0.2) is 0 Å². The van der Waals surface area contributed by atoms with Gasteiger partial charge in [0, 0.05) is 37.7 Å². The normalized spacial score (nSPS) is 38.5. The van der Waals surface area contributed by atoms with Crippen LogP contribution in [0.1, 0.15) is 136 Å². The molecule has 8 heteroatoms. The van der Waals surface area contributed by atoms with Gasteiger partial charge < -0.3 is 25.6 Å². The highest BCUT2D eigenvalue weighted by Crippen LogP contribution is 2.47. The van der Waals surface area contributed by atoms with E-state index in [0.29, 0.717) is 37.1 Å². The van der Waals surface area contributed by atoms with Gasteiger partial charge in [-0.05, 0) is 118 Å². The lowest BCUT2D eigenvalue weighted by molar-refractivity contribution is -0.699. The van der Waals surface area contributed by atoms with Crippen LogP contribution in [0.2, 0.25) is 0 Å². The van der Waals surface area contributed by atoms with Crippen molar-refractivity contribution in [2.24, 2.45) is 64.9 Å². The Labute approximate surface area is 310 Å². The van der Waals surface area contributed by atoms with Crippen molar-refractivity contribution in [1.29, 1.82) is 0 Å². The monoisotopic (exact) mass is 714 g/mol. The zero-order valence-electron chi connectivity index (χ0n) is 32.5. The van der Waals surface area contributed by atoms with Gasteiger partial charge in [0.15, 0.2) is 0 Å². The number of Topliss-reactive ketones (excluding diaryl/α,β-unsaturated/α-hetero) is 2. The number of carbonyl (C=O) groups excluding carboxylic acids is 2. The van der Waals surface area contributed by atoms with E-state index >= 15 is 0 Å². The molecule has 1 heterocycles. The van der Waals surface area contributed by atoms with Crippen molar-refractivity contribution >= 4 is 11.6 Å². The van der Waals surface area contributed by atoms with Gasteiger partial charge in [-0.1, -0.05) is 51.4 Å². The molecule has 4 aliphatic carbocycles. The van der Waals surface area contributed by atoms with E-state index in [2.05, 4.69) is 36.3 Å². The largest absolute Gasteiger partial charge is 0.390 e. The van der Waals surface area contributed by atoms with E-state index in [1.165, 1.54) is 38.5 Å². The van der Waals surface area contributed by atoms with Crippen LogP contribution >= 0.6 is 0 Å². The Kier molecular flexibility index (Phi) is 16.3.